The molecule has 0 amide bonds. The monoisotopic (exact) mass is 293 g/mol. The van der Waals surface area contributed by atoms with Crippen molar-refractivity contribution in [1.29, 1.82) is 0 Å². The number of carbonyl (C=O) groups is 1. The molecule has 0 bridgehead atoms. The summed E-state index contributed by atoms with van der Waals surface area (Å²) >= 11 is 0. The van der Waals surface area contributed by atoms with E-state index in [4.69, 9.17) is 4.74 Å². The highest BCUT2D eigenvalue weighted by atomic mass is 19.1. The molecule has 0 atom stereocenters. The molecule has 1 heterocycles. The van der Waals surface area contributed by atoms with Crippen LogP contribution in [0.1, 0.15) is 12.0 Å². The molecule has 110 valence electrons. The van der Waals surface area contributed by atoms with Crippen molar-refractivity contribution >= 4 is 11.7 Å². The van der Waals surface area contributed by atoms with Gasteiger partial charge in [-0.05, 0) is 17.7 Å². The quantitative estimate of drug-likeness (QED) is 0.462. The number of carbonyl (C=O) groups excluding carboxylic acids is 1. The molecule has 0 N–H and O–H groups in total. The Kier molecular flexibility index (Phi) is 4.60. The smallest absolute Gasteiger partial charge is 0.308 e. The van der Waals surface area contributed by atoms with Gasteiger partial charge in [-0.1, -0.05) is 12.1 Å². The van der Waals surface area contributed by atoms with E-state index in [0.29, 0.717) is 5.56 Å². The van der Waals surface area contributed by atoms with Crippen LogP contribution in [0.25, 0.3) is 0 Å². The van der Waals surface area contributed by atoms with Gasteiger partial charge in [0.15, 0.2) is 0 Å². The summed E-state index contributed by atoms with van der Waals surface area (Å²) in [6.45, 7) is 0.158. The van der Waals surface area contributed by atoms with E-state index in [-0.39, 0.29) is 25.3 Å². The Morgan fingerprint density at radius 1 is 1.48 bits per heavy atom. The standard InChI is InChI=1S/C13H12FN3O4/c14-11-3-1-2-10(6-11)9-21-13(18)4-5-16-8-12(7-15-16)17(19)20/h1-3,6-8H,4-5,9H2. The summed E-state index contributed by atoms with van der Waals surface area (Å²) < 4.78 is 19.2. The van der Waals surface area contributed by atoms with E-state index in [0.717, 1.165) is 6.20 Å². The summed E-state index contributed by atoms with van der Waals surface area (Å²) in [5.41, 5.74) is 0.418. The minimum atomic E-state index is -0.564. The first-order valence-corrected chi connectivity index (χ1v) is 6.11. The van der Waals surface area contributed by atoms with Crippen LogP contribution in [0.2, 0.25) is 0 Å². The van der Waals surface area contributed by atoms with Gasteiger partial charge in [-0.25, -0.2) is 4.39 Å². The van der Waals surface area contributed by atoms with Gasteiger partial charge in [0.05, 0.1) is 17.9 Å². The van der Waals surface area contributed by atoms with Crippen LogP contribution >= 0.6 is 0 Å². The summed E-state index contributed by atoms with van der Waals surface area (Å²) in [4.78, 5) is 21.4. The summed E-state index contributed by atoms with van der Waals surface area (Å²) in [5, 5.41) is 14.2. The van der Waals surface area contributed by atoms with Gasteiger partial charge < -0.3 is 4.74 Å². The molecule has 0 aliphatic rings. The van der Waals surface area contributed by atoms with Gasteiger partial charge in [-0.15, -0.1) is 0 Å². The van der Waals surface area contributed by atoms with Crippen molar-refractivity contribution in [3.8, 4) is 0 Å². The number of halogens is 1. The molecule has 0 spiro atoms. The first kappa shape index (κ1) is 14.6. The normalized spacial score (nSPS) is 10.3. The zero-order valence-electron chi connectivity index (χ0n) is 10.9. The zero-order chi connectivity index (χ0) is 15.2. The number of nitrogens with zero attached hydrogens (tertiary/aromatic N) is 3. The molecular weight excluding hydrogens is 281 g/mol. The first-order valence-electron chi connectivity index (χ1n) is 6.11. The number of nitro groups is 1. The Hall–Kier alpha value is -2.77. The number of rotatable bonds is 6. The number of ether oxygens (including phenoxy) is 1. The SMILES string of the molecule is O=C(CCn1cc([N+](=O)[O-])cn1)OCc1cccc(F)c1. The lowest BCUT2D eigenvalue weighted by Gasteiger charge is -2.05. The van der Waals surface area contributed by atoms with E-state index < -0.39 is 16.7 Å². The second-order valence-electron chi connectivity index (χ2n) is 4.26. The van der Waals surface area contributed by atoms with Gasteiger partial charge in [0.2, 0.25) is 0 Å². The Morgan fingerprint density at radius 2 is 2.29 bits per heavy atom. The molecule has 1 aromatic carbocycles. The predicted octanol–water partition coefficient (Wildman–Crippen LogP) is 2.06. The van der Waals surface area contributed by atoms with Gasteiger partial charge in [-0.3, -0.25) is 19.6 Å². The van der Waals surface area contributed by atoms with Crippen LogP contribution in [0, 0.1) is 15.9 Å². The molecule has 0 aliphatic heterocycles. The fourth-order valence-electron chi connectivity index (χ4n) is 1.64. The average molecular weight is 293 g/mol. The van der Waals surface area contributed by atoms with Crippen LogP contribution in [0.3, 0.4) is 0 Å². The van der Waals surface area contributed by atoms with Crippen molar-refractivity contribution in [2.75, 3.05) is 0 Å². The molecule has 1 aromatic heterocycles. The number of aryl methyl sites for hydroxylation is 1. The first-order chi connectivity index (χ1) is 10.0. The lowest BCUT2D eigenvalue weighted by atomic mass is 10.2. The maximum absolute atomic E-state index is 12.9. The fourth-order valence-corrected chi connectivity index (χ4v) is 1.64. The molecule has 0 saturated heterocycles. The maximum atomic E-state index is 12.9. The van der Waals surface area contributed by atoms with Crippen molar-refractivity contribution in [1.82, 2.24) is 9.78 Å². The molecule has 2 rings (SSSR count). The van der Waals surface area contributed by atoms with Crippen LogP contribution in [0.4, 0.5) is 10.1 Å². The van der Waals surface area contributed by atoms with Crippen LogP contribution in [-0.4, -0.2) is 20.7 Å². The van der Waals surface area contributed by atoms with Crippen molar-refractivity contribution in [3.05, 3.63) is 58.2 Å². The minimum Gasteiger partial charge on any atom is -0.461 e. The third-order valence-electron chi connectivity index (χ3n) is 2.66. The van der Waals surface area contributed by atoms with Crippen LogP contribution in [-0.2, 0) is 22.7 Å². The molecule has 7 nitrogen and oxygen atoms in total. The lowest BCUT2D eigenvalue weighted by molar-refractivity contribution is -0.385. The topological polar surface area (TPSA) is 87.3 Å². The number of hydrogen-bond donors (Lipinski definition) is 0. The van der Waals surface area contributed by atoms with Crippen molar-refractivity contribution in [2.45, 2.75) is 19.6 Å². The molecule has 0 radical (unpaired) electrons. The maximum Gasteiger partial charge on any atom is 0.308 e. The average Bonchev–Trinajstić information content (AvgIpc) is 2.92. The molecule has 21 heavy (non-hydrogen) atoms. The minimum absolute atomic E-state index is 0.0180. The number of aromatic nitrogens is 2. The highest BCUT2D eigenvalue weighted by Crippen LogP contribution is 2.09. The van der Waals surface area contributed by atoms with Gasteiger partial charge in [0, 0.05) is 0 Å². The van der Waals surface area contributed by atoms with Crippen molar-refractivity contribution in [3.63, 3.8) is 0 Å². The molecule has 0 fully saturated rings. The third-order valence-corrected chi connectivity index (χ3v) is 2.66. The van der Waals surface area contributed by atoms with Crippen molar-refractivity contribution < 1.29 is 18.8 Å². The van der Waals surface area contributed by atoms with E-state index in [1.807, 2.05) is 0 Å². The second-order valence-corrected chi connectivity index (χ2v) is 4.26. The molecule has 8 heteroatoms. The number of esters is 1. The molecule has 0 aliphatic carbocycles. The Morgan fingerprint density at radius 3 is 2.95 bits per heavy atom. The molecular formula is C13H12FN3O4. The Labute approximate surface area is 119 Å². The van der Waals surface area contributed by atoms with Gasteiger partial charge in [0.25, 0.3) is 0 Å². The lowest BCUT2D eigenvalue weighted by Crippen LogP contribution is -2.09. The fraction of sp³-hybridized carbons (Fsp3) is 0.231. The van der Waals surface area contributed by atoms with Gasteiger partial charge >= 0.3 is 11.7 Å². The highest BCUT2D eigenvalue weighted by molar-refractivity contribution is 5.69. The highest BCUT2D eigenvalue weighted by Gasteiger charge is 2.10. The van der Waals surface area contributed by atoms with Crippen LogP contribution in [0.15, 0.2) is 36.7 Å². The summed E-state index contributed by atoms with van der Waals surface area (Å²) in [6, 6.07) is 5.76. The van der Waals surface area contributed by atoms with Gasteiger partial charge in [-0.2, -0.15) is 5.10 Å². The summed E-state index contributed by atoms with van der Waals surface area (Å²) in [7, 11) is 0. The third kappa shape index (κ3) is 4.37. The molecule has 2 aromatic rings. The van der Waals surface area contributed by atoms with E-state index >= 15 is 0 Å². The second kappa shape index (κ2) is 6.60. The number of hydrogen-bond acceptors (Lipinski definition) is 5. The summed E-state index contributed by atoms with van der Waals surface area (Å²) in [6.07, 6.45) is 2.37. The van der Waals surface area contributed by atoms with E-state index in [1.54, 1.807) is 6.07 Å². The molecule has 0 unspecified atom stereocenters. The zero-order valence-corrected chi connectivity index (χ0v) is 10.9. The van der Waals surface area contributed by atoms with E-state index in [1.165, 1.54) is 29.1 Å². The largest absolute Gasteiger partial charge is 0.461 e. The Bertz CT molecular complexity index is 656. The molecule has 0 saturated carbocycles. The number of benzene rings is 1. The van der Waals surface area contributed by atoms with E-state index in [9.17, 15) is 19.3 Å². The van der Waals surface area contributed by atoms with Gasteiger partial charge in [0.1, 0.15) is 24.8 Å². The van der Waals surface area contributed by atoms with Crippen LogP contribution < -0.4 is 0 Å². The predicted molar refractivity (Wildman–Crippen MR) is 69.7 cm³/mol. The Balaban J connectivity index is 1.78. The van der Waals surface area contributed by atoms with Crippen molar-refractivity contribution in [2.24, 2.45) is 0 Å². The summed E-state index contributed by atoms with van der Waals surface area (Å²) in [5.74, 6) is -0.884. The van der Waals surface area contributed by atoms with E-state index in [2.05, 4.69) is 5.10 Å². The van der Waals surface area contributed by atoms with Crippen LogP contribution in [0.5, 0.6) is 0 Å².